The lowest BCUT2D eigenvalue weighted by atomic mass is 9.63. The van der Waals surface area contributed by atoms with Crippen molar-refractivity contribution in [2.24, 2.45) is 0 Å². The Hall–Kier alpha value is -3.30. The molecule has 2 aliphatic rings. The number of methoxy groups -OCH3 is 1. The standard InChI is InChI=1S/C29H32N4O3S2/c1-28(2)8-9-29(3,4)19-12-16(6-7-18(19)28)20-15-37-26(32-20)24-25(30)33-27(38-24)31-17-13-21(34-5)23-22(14-17)35-10-11-36-23/h6-7,12-15H,8-11,30H2,1-5H3,(H,31,33). The molecule has 0 fully saturated rings. The molecular formula is C29H32N4O3S2. The van der Waals surface area contributed by atoms with Crippen LogP contribution in [0.25, 0.3) is 21.1 Å². The molecule has 3 N–H and O–H groups in total. The zero-order valence-electron chi connectivity index (χ0n) is 22.3. The fourth-order valence-corrected chi connectivity index (χ4v) is 7.10. The van der Waals surface area contributed by atoms with Crippen LogP contribution in [0.5, 0.6) is 17.2 Å². The molecule has 0 spiro atoms. The van der Waals surface area contributed by atoms with Gasteiger partial charge in [0.05, 0.1) is 12.8 Å². The number of nitrogens with two attached hydrogens (primary N) is 1. The molecule has 6 rings (SSSR count). The molecule has 1 aliphatic heterocycles. The van der Waals surface area contributed by atoms with E-state index in [1.807, 2.05) is 12.1 Å². The Morgan fingerprint density at radius 1 is 0.974 bits per heavy atom. The first kappa shape index (κ1) is 25.0. The fourth-order valence-electron chi connectivity index (χ4n) is 5.27. The summed E-state index contributed by atoms with van der Waals surface area (Å²) in [4.78, 5) is 10.4. The minimum absolute atomic E-state index is 0.152. The van der Waals surface area contributed by atoms with Crippen molar-refractivity contribution in [1.29, 1.82) is 0 Å². The summed E-state index contributed by atoms with van der Waals surface area (Å²) in [5, 5.41) is 6.98. The van der Waals surface area contributed by atoms with E-state index in [0.717, 1.165) is 26.8 Å². The zero-order chi connectivity index (χ0) is 26.7. The van der Waals surface area contributed by atoms with Gasteiger partial charge in [0.25, 0.3) is 0 Å². The summed E-state index contributed by atoms with van der Waals surface area (Å²) in [5.74, 6) is 2.32. The molecule has 0 radical (unpaired) electrons. The van der Waals surface area contributed by atoms with Crippen LogP contribution in [0.3, 0.4) is 0 Å². The number of aromatic nitrogens is 2. The third-order valence-corrected chi connectivity index (χ3v) is 9.56. The summed E-state index contributed by atoms with van der Waals surface area (Å²) in [7, 11) is 1.61. The maximum Gasteiger partial charge on any atom is 0.203 e. The minimum Gasteiger partial charge on any atom is -0.493 e. The molecule has 0 saturated carbocycles. The monoisotopic (exact) mass is 548 g/mol. The Balaban J connectivity index is 1.28. The SMILES string of the molecule is COc1cc(Nc2nc(N)c(-c3nc(-c4ccc5c(c4)C(C)(C)CCC5(C)C)cs3)s2)cc2c1OCCO2. The van der Waals surface area contributed by atoms with E-state index in [9.17, 15) is 0 Å². The van der Waals surface area contributed by atoms with Gasteiger partial charge in [0.2, 0.25) is 5.75 Å². The number of thiazole rings is 2. The summed E-state index contributed by atoms with van der Waals surface area (Å²) in [6.07, 6.45) is 2.38. The molecule has 9 heteroatoms. The van der Waals surface area contributed by atoms with Crippen LogP contribution in [0.15, 0.2) is 35.7 Å². The second-order valence-corrected chi connectivity index (χ2v) is 13.0. The Morgan fingerprint density at radius 2 is 1.74 bits per heavy atom. The van der Waals surface area contributed by atoms with E-state index in [4.69, 9.17) is 24.9 Å². The molecule has 0 unspecified atom stereocenters. The highest BCUT2D eigenvalue weighted by atomic mass is 32.1. The van der Waals surface area contributed by atoms with Gasteiger partial charge in [0, 0.05) is 28.8 Å². The highest BCUT2D eigenvalue weighted by Crippen LogP contribution is 2.48. The van der Waals surface area contributed by atoms with Gasteiger partial charge in [-0.1, -0.05) is 51.2 Å². The van der Waals surface area contributed by atoms with Crippen molar-refractivity contribution in [3.8, 4) is 38.4 Å². The van der Waals surface area contributed by atoms with E-state index in [2.05, 4.69) is 61.6 Å². The number of nitrogen functional groups attached to an aromatic ring is 1. The van der Waals surface area contributed by atoms with E-state index >= 15 is 0 Å². The molecule has 38 heavy (non-hydrogen) atoms. The van der Waals surface area contributed by atoms with Crippen molar-refractivity contribution in [3.63, 3.8) is 0 Å². The predicted molar refractivity (Wildman–Crippen MR) is 156 cm³/mol. The number of rotatable bonds is 5. The molecule has 0 atom stereocenters. The van der Waals surface area contributed by atoms with Crippen molar-refractivity contribution in [2.45, 2.75) is 51.4 Å². The summed E-state index contributed by atoms with van der Waals surface area (Å²) in [6.45, 7) is 10.4. The molecule has 2 aromatic heterocycles. The molecule has 198 valence electrons. The van der Waals surface area contributed by atoms with Crippen molar-refractivity contribution in [1.82, 2.24) is 9.97 Å². The van der Waals surface area contributed by atoms with Crippen molar-refractivity contribution < 1.29 is 14.2 Å². The largest absolute Gasteiger partial charge is 0.493 e. The predicted octanol–water partition coefficient (Wildman–Crippen LogP) is 7.39. The van der Waals surface area contributed by atoms with Crippen LogP contribution < -0.4 is 25.3 Å². The Labute approximate surface area is 231 Å². The van der Waals surface area contributed by atoms with Crippen LogP contribution in [-0.4, -0.2) is 30.3 Å². The second-order valence-electron chi connectivity index (χ2n) is 11.1. The topological polar surface area (TPSA) is 91.5 Å². The number of hydrogen-bond donors (Lipinski definition) is 2. The maximum absolute atomic E-state index is 6.36. The number of fused-ring (bicyclic) bond motifs is 2. The zero-order valence-corrected chi connectivity index (χ0v) is 23.9. The van der Waals surface area contributed by atoms with Gasteiger partial charge < -0.3 is 25.3 Å². The highest BCUT2D eigenvalue weighted by molar-refractivity contribution is 7.23. The van der Waals surface area contributed by atoms with Crippen molar-refractivity contribution in [2.75, 3.05) is 31.4 Å². The van der Waals surface area contributed by atoms with Gasteiger partial charge in [-0.2, -0.15) is 0 Å². The normalized spacial score (nSPS) is 17.1. The lowest BCUT2D eigenvalue weighted by Gasteiger charge is -2.42. The number of anilines is 3. The summed E-state index contributed by atoms with van der Waals surface area (Å²) in [6, 6.07) is 10.6. The number of nitrogens with one attached hydrogen (secondary N) is 1. The second kappa shape index (κ2) is 9.17. The number of hydrogen-bond acceptors (Lipinski definition) is 9. The lowest BCUT2D eigenvalue weighted by molar-refractivity contribution is 0.165. The van der Waals surface area contributed by atoms with Gasteiger partial charge in [-0.05, 0) is 40.9 Å². The van der Waals surface area contributed by atoms with Gasteiger partial charge in [-0.3, -0.25) is 0 Å². The lowest BCUT2D eigenvalue weighted by Crippen LogP contribution is -2.33. The molecule has 0 bridgehead atoms. The highest BCUT2D eigenvalue weighted by Gasteiger charge is 2.37. The summed E-state index contributed by atoms with van der Waals surface area (Å²) >= 11 is 3.07. The number of ether oxygens (including phenoxy) is 3. The first-order chi connectivity index (χ1) is 18.1. The van der Waals surface area contributed by atoms with E-state index in [1.165, 1.54) is 35.3 Å². The van der Waals surface area contributed by atoms with E-state index in [0.29, 0.717) is 41.4 Å². The van der Waals surface area contributed by atoms with Crippen molar-refractivity contribution >= 4 is 39.3 Å². The molecule has 0 amide bonds. The third-order valence-electron chi connectivity index (χ3n) is 7.58. The van der Waals surface area contributed by atoms with Gasteiger partial charge in [-0.25, -0.2) is 9.97 Å². The maximum atomic E-state index is 6.36. The molecule has 2 aromatic carbocycles. The fraction of sp³-hybridized carbons (Fsp3) is 0.379. The van der Waals surface area contributed by atoms with Crippen LogP contribution in [-0.2, 0) is 10.8 Å². The minimum atomic E-state index is 0.152. The smallest absolute Gasteiger partial charge is 0.203 e. The van der Waals surface area contributed by atoms with Gasteiger partial charge in [-0.15, -0.1) is 11.3 Å². The first-order valence-electron chi connectivity index (χ1n) is 12.8. The average molecular weight is 549 g/mol. The van der Waals surface area contributed by atoms with Crippen LogP contribution in [0, 0.1) is 0 Å². The van der Waals surface area contributed by atoms with Gasteiger partial charge in [0.15, 0.2) is 16.6 Å². The Kier molecular flexibility index (Phi) is 6.03. The Morgan fingerprint density at radius 3 is 2.53 bits per heavy atom. The van der Waals surface area contributed by atoms with E-state index in [-0.39, 0.29) is 10.8 Å². The molecule has 4 aromatic rings. The van der Waals surface area contributed by atoms with Crippen molar-refractivity contribution in [3.05, 3.63) is 46.8 Å². The Bertz CT molecular complexity index is 1510. The first-order valence-corrected chi connectivity index (χ1v) is 14.5. The van der Waals surface area contributed by atoms with Crippen LogP contribution in [0.1, 0.15) is 51.7 Å². The van der Waals surface area contributed by atoms with Crippen LogP contribution >= 0.6 is 22.7 Å². The summed E-state index contributed by atoms with van der Waals surface area (Å²) < 4.78 is 17.0. The average Bonchev–Trinajstić information content (AvgIpc) is 3.52. The third kappa shape index (κ3) is 4.37. The van der Waals surface area contributed by atoms with E-state index < -0.39 is 0 Å². The van der Waals surface area contributed by atoms with Crippen LogP contribution in [0.2, 0.25) is 0 Å². The van der Waals surface area contributed by atoms with Crippen LogP contribution in [0.4, 0.5) is 16.6 Å². The molecular weight excluding hydrogens is 516 g/mol. The molecule has 3 heterocycles. The number of benzene rings is 2. The number of nitrogens with zero attached hydrogens (tertiary/aromatic N) is 2. The van der Waals surface area contributed by atoms with Gasteiger partial charge in [0.1, 0.15) is 28.9 Å². The van der Waals surface area contributed by atoms with Gasteiger partial charge >= 0.3 is 0 Å². The molecule has 1 aliphatic carbocycles. The summed E-state index contributed by atoms with van der Waals surface area (Å²) in [5.41, 5.74) is 12.5. The quantitative estimate of drug-likeness (QED) is 0.269. The van der Waals surface area contributed by atoms with E-state index in [1.54, 1.807) is 18.4 Å². The molecule has 7 nitrogen and oxygen atoms in total. The molecule has 0 saturated heterocycles.